The fourth-order valence-electron chi connectivity index (χ4n) is 3.12. The van der Waals surface area contributed by atoms with Gasteiger partial charge in [-0.3, -0.25) is 9.69 Å². The van der Waals surface area contributed by atoms with Crippen molar-refractivity contribution >= 4 is 40.0 Å². The van der Waals surface area contributed by atoms with Crippen molar-refractivity contribution in [3.05, 3.63) is 47.2 Å². The zero-order valence-electron chi connectivity index (χ0n) is 17.3. The third-order valence-corrected chi connectivity index (χ3v) is 4.65. The van der Waals surface area contributed by atoms with E-state index in [1.165, 1.54) is 20.4 Å². The van der Waals surface area contributed by atoms with Gasteiger partial charge in [-0.25, -0.2) is 9.97 Å². The van der Waals surface area contributed by atoms with Crippen molar-refractivity contribution < 1.29 is 24.5 Å². The Hall–Kier alpha value is -2.98. The van der Waals surface area contributed by atoms with Crippen LogP contribution in [-0.2, 0) is 11.3 Å². The number of aliphatic hydroxyl groups excluding tert-OH is 1. The first-order valence-electron chi connectivity index (χ1n) is 9.38. The Balaban J connectivity index is 2.01. The van der Waals surface area contributed by atoms with Gasteiger partial charge in [0, 0.05) is 42.2 Å². The normalized spacial score (nSPS) is 11.2. The molecule has 0 aliphatic rings. The Morgan fingerprint density at radius 2 is 2.00 bits per heavy atom. The number of benzene rings is 2. The van der Waals surface area contributed by atoms with Crippen LogP contribution in [0.2, 0.25) is 5.02 Å². The van der Waals surface area contributed by atoms with Crippen LogP contribution in [0.15, 0.2) is 36.7 Å². The minimum atomic E-state index is -1.44. The highest BCUT2D eigenvalue weighted by molar-refractivity contribution is 6.30. The number of rotatable bonds is 8. The van der Waals surface area contributed by atoms with Gasteiger partial charge in [-0.1, -0.05) is 17.7 Å². The van der Waals surface area contributed by atoms with Gasteiger partial charge in [0.05, 0.1) is 12.6 Å². The first-order valence-corrected chi connectivity index (χ1v) is 9.76. The molecule has 0 saturated heterocycles. The summed E-state index contributed by atoms with van der Waals surface area (Å²) in [5, 5.41) is 22.8. The number of ether oxygens (including phenoxy) is 2. The van der Waals surface area contributed by atoms with E-state index in [9.17, 15) is 15.0 Å². The van der Waals surface area contributed by atoms with Gasteiger partial charge in [-0.05, 0) is 30.8 Å². The number of esters is 1. The molecule has 0 atom stereocenters. The van der Waals surface area contributed by atoms with Gasteiger partial charge >= 0.3 is 5.97 Å². The minimum Gasteiger partial charge on any atom is -0.493 e. The molecule has 0 radical (unpaired) electrons. The molecule has 1 heterocycles. The van der Waals surface area contributed by atoms with E-state index >= 15 is 0 Å². The number of carbonyl (C=O) groups excluding carboxylic acids is 1. The average molecular weight is 447 g/mol. The molecule has 0 fully saturated rings. The highest BCUT2D eigenvalue weighted by Gasteiger charge is 2.15. The Labute approximate surface area is 184 Å². The van der Waals surface area contributed by atoms with Crippen molar-refractivity contribution in [3.63, 3.8) is 0 Å². The Bertz CT molecular complexity index is 1090. The van der Waals surface area contributed by atoms with Gasteiger partial charge in [0.2, 0.25) is 0 Å². The average Bonchev–Trinajstić information content (AvgIpc) is 2.69. The molecule has 31 heavy (non-hydrogen) atoms. The van der Waals surface area contributed by atoms with Crippen LogP contribution in [0.25, 0.3) is 10.9 Å². The number of anilines is 2. The first-order chi connectivity index (χ1) is 14.8. The maximum Gasteiger partial charge on any atom is 0.308 e. The number of likely N-dealkylation sites (N-methyl/N-ethyl adjacent to an activating group) is 1. The Kier molecular flexibility index (Phi) is 7.24. The van der Waals surface area contributed by atoms with E-state index in [0.29, 0.717) is 39.7 Å². The first kappa shape index (κ1) is 22.7. The van der Waals surface area contributed by atoms with Crippen molar-refractivity contribution in [1.82, 2.24) is 14.9 Å². The molecule has 10 heteroatoms. The lowest BCUT2D eigenvalue weighted by Gasteiger charge is -2.20. The second-order valence-electron chi connectivity index (χ2n) is 6.94. The number of carbonyl (C=O) groups is 1. The van der Waals surface area contributed by atoms with E-state index < -0.39 is 12.3 Å². The van der Waals surface area contributed by atoms with Crippen LogP contribution in [-0.4, -0.2) is 58.0 Å². The summed E-state index contributed by atoms with van der Waals surface area (Å²) in [4.78, 5) is 21.8. The SMILES string of the molecule is COc1cc2ncnc(Nc3cc(Cl)ccc3CN(C)CC(O)O)c2cc1OC(C)=O. The van der Waals surface area contributed by atoms with Crippen LogP contribution in [0.4, 0.5) is 11.5 Å². The monoisotopic (exact) mass is 446 g/mol. The third-order valence-electron chi connectivity index (χ3n) is 4.41. The van der Waals surface area contributed by atoms with Crippen molar-refractivity contribution in [2.75, 3.05) is 26.0 Å². The van der Waals surface area contributed by atoms with E-state index in [1.807, 2.05) is 6.07 Å². The van der Waals surface area contributed by atoms with Gasteiger partial charge in [-0.15, -0.1) is 0 Å². The predicted molar refractivity (Wildman–Crippen MR) is 117 cm³/mol. The lowest BCUT2D eigenvalue weighted by molar-refractivity contribution is -0.132. The summed E-state index contributed by atoms with van der Waals surface area (Å²) in [5.41, 5.74) is 2.15. The number of aromatic nitrogens is 2. The van der Waals surface area contributed by atoms with E-state index in [2.05, 4.69) is 15.3 Å². The molecular weight excluding hydrogens is 424 g/mol. The fourth-order valence-corrected chi connectivity index (χ4v) is 3.29. The molecule has 164 valence electrons. The van der Waals surface area contributed by atoms with Gasteiger partial charge in [0.25, 0.3) is 0 Å². The molecule has 0 saturated carbocycles. The zero-order valence-corrected chi connectivity index (χ0v) is 18.1. The highest BCUT2D eigenvalue weighted by atomic mass is 35.5. The molecule has 9 nitrogen and oxygen atoms in total. The molecule has 0 spiro atoms. The van der Waals surface area contributed by atoms with E-state index in [-0.39, 0.29) is 12.3 Å². The summed E-state index contributed by atoms with van der Waals surface area (Å²) in [5.74, 6) is 0.632. The molecule has 1 aromatic heterocycles. The number of hydrogen-bond acceptors (Lipinski definition) is 9. The largest absolute Gasteiger partial charge is 0.493 e. The second kappa shape index (κ2) is 9.88. The Morgan fingerprint density at radius 1 is 1.23 bits per heavy atom. The number of halogens is 1. The lowest BCUT2D eigenvalue weighted by Crippen LogP contribution is -2.28. The number of nitrogens with one attached hydrogen (secondary N) is 1. The highest BCUT2D eigenvalue weighted by Crippen LogP contribution is 2.35. The molecular formula is C21H23ClN4O5. The van der Waals surface area contributed by atoms with Crippen LogP contribution in [0.1, 0.15) is 12.5 Å². The lowest BCUT2D eigenvalue weighted by atomic mass is 10.1. The van der Waals surface area contributed by atoms with Crippen molar-refractivity contribution in [2.24, 2.45) is 0 Å². The summed E-state index contributed by atoms with van der Waals surface area (Å²) in [7, 11) is 3.25. The Morgan fingerprint density at radius 3 is 2.68 bits per heavy atom. The van der Waals surface area contributed by atoms with Crippen LogP contribution in [0, 0.1) is 0 Å². The number of aliphatic hydroxyl groups is 2. The van der Waals surface area contributed by atoms with Gasteiger partial charge in [-0.2, -0.15) is 0 Å². The fraction of sp³-hybridized carbons (Fsp3) is 0.286. The summed E-state index contributed by atoms with van der Waals surface area (Å²) in [6, 6.07) is 8.66. The molecule has 2 aromatic carbocycles. The summed E-state index contributed by atoms with van der Waals surface area (Å²) in [6.07, 6.45) is -0.0251. The van der Waals surface area contributed by atoms with Crippen molar-refractivity contribution in [3.8, 4) is 11.5 Å². The number of fused-ring (bicyclic) bond motifs is 1. The number of hydrogen-bond donors (Lipinski definition) is 3. The quantitative estimate of drug-likeness (QED) is 0.272. The molecule has 3 rings (SSSR count). The summed E-state index contributed by atoms with van der Waals surface area (Å²) in [6.45, 7) is 1.83. The molecule has 0 aliphatic carbocycles. The van der Waals surface area contributed by atoms with Gasteiger partial charge in [0.15, 0.2) is 17.8 Å². The van der Waals surface area contributed by atoms with Crippen molar-refractivity contribution in [1.29, 1.82) is 0 Å². The maximum absolute atomic E-state index is 11.5. The molecule has 3 aromatic rings. The summed E-state index contributed by atoms with van der Waals surface area (Å²) < 4.78 is 10.6. The maximum atomic E-state index is 11.5. The minimum absolute atomic E-state index is 0.0873. The zero-order chi connectivity index (χ0) is 22.5. The number of methoxy groups -OCH3 is 1. The van der Waals surface area contributed by atoms with Crippen molar-refractivity contribution in [2.45, 2.75) is 19.8 Å². The van der Waals surface area contributed by atoms with Crippen LogP contribution in [0.5, 0.6) is 11.5 Å². The van der Waals surface area contributed by atoms with Gasteiger partial charge < -0.3 is 25.0 Å². The smallest absolute Gasteiger partial charge is 0.308 e. The molecule has 0 bridgehead atoms. The summed E-state index contributed by atoms with van der Waals surface area (Å²) >= 11 is 6.20. The second-order valence-corrected chi connectivity index (χ2v) is 7.38. The van der Waals surface area contributed by atoms with Crippen LogP contribution in [0.3, 0.4) is 0 Å². The predicted octanol–water partition coefficient (Wildman–Crippen LogP) is 2.70. The number of nitrogens with zero attached hydrogens (tertiary/aromatic N) is 3. The van der Waals surface area contributed by atoms with E-state index in [1.54, 1.807) is 36.2 Å². The van der Waals surface area contributed by atoms with Gasteiger partial charge in [0.1, 0.15) is 12.1 Å². The van der Waals surface area contributed by atoms with Crippen LogP contribution < -0.4 is 14.8 Å². The molecule has 3 N–H and O–H groups in total. The molecule has 0 unspecified atom stereocenters. The van der Waals surface area contributed by atoms with E-state index in [4.69, 9.17) is 21.1 Å². The topological polar surface area (TPSA) is 117 Å². The molecule has 0 aliphatic heterocycles. The molecule has 0 amide bonds. The standard InChI is InChI=1S/C21H23ClN4O5/c1-12(27)31-19-7-15-17(8-18(19)30-3)23-11-24-21(15)25-16-6-14(22)5-4-13(16)9-26(2)10-20(28)29/h4-8,11,20,28-29H,9-10H2,1-3H3,(H,23,24,25). The van der Waals surface area contributed by atoms with E-state index in [0.717, 1.165) is 5.56 Å². The van der Waals surface area contributed by atoms with Crippen LogP contribution >= 0.6 is 11.6 Å². The third kappa shape index (κ3) is 5.80.